The Morgan fingerprint density at radius 2 is 2.26 bits per heavy atom. The molecule has 0 spiro atoms. The van der Waals surface area contributed by atoms with Crippen molar-refractivity contribution in [3.05, 3.63) is 23.5 Å². The minimum absolute atomic E-state index is 0.0761. The first-order valence-electron chi connectivity index (χ1n) is 5.72. The Bertz CT molecular complexity index is 533. The summed E-state index contributed by atoms with van der Waals surface area (Å²) in [5.41, 5.74) is 0. The number of esters is 1. The summed E-state index contributed by atoms with van der Waals surface area (Å²) in [5.74, 6) is -0.346. The molecule has 0 radical (unpaired) electrons. The summed E-state index contributed by atoms with van der Waals surface area (Å²) in [6.07, 6.45) is 3.10. The number of nitrogens with one attached hydrogen (secondary N) is 1. The van der Waals surface area contributed by atoms with Gasteiger partial charge in [0.2, 0.25) is 10.0 Å². The van der Waals surface area contributed by atoms with Gasteiger partial charge < -0.3 is 4.74 Å². The van der Waals surface area contributed by atoms with Gasteiger partial charge in [0.25, 0.3) is 0 Å². The van der Waals surface area contributed by atoms with Gasteiger partial charge in [-0.1, -0.05) is 11.6 Å². The number of rotatable bonds is 7. The maximum atomic E-state index is 11.9. The average Bonchev–Trinajstić information content (AvgIpc) is 2.35. The Labute approximate surface area is 117 Å². The van der Waals surface area contributed by atoms with E-state index in [0.717, 1.165) is 0 Å². The summed E-state index contributed by atoms with van der Waals surface area (Å²) in [5, 5.41) is 0.105. The summed E-state index contributed by atoms with van der Waals surface area (Å²) in [6, 6.07) is 1.40. The summed E-state index contributed by atoms with van der Waals surface area (Å²) >= 11 is 5.78. The zero-order valence-electron chi connectivity index (χ0n) is 10.4. The number of aromatic nitrogens is 1. The normalized spacial score (nSPS) is 11.3. The molecule has 0 aliphatic carbocycles. The molecule has 0 aliphatic heterocycles. The molecule has 0 saturated heterocycles. The van der Waals surface area contributed by atoms with E-state index in [0.29, 0.717) is 13.0 Å². The van der Waals surface area contributed by atoms with Crippen molar-refractivity contribution in [3.63, 3.8) is 0 Å². The molecule has 0 bridgehead atoms. The number of nitrogens with zero attached hydrogens (tertiary/aromatic N) is 1. The van der Waals surface area contributed by atoms with E-state index in [4.69, 9.17) is 16.3 Å². The Balaban J connectivity index is 2.49. The van der Waals surface area contributed by atoms with Crippen LogP contribution < -0.4 is 4.72 Å². The first kappa shape index (κ1) is 15.9. The minimum Gasteiger partial charge on any atom is -0.466 e. The number of pyridine rings is 1. The molecule has 0 aromatic carbocycles. The largest absolute Gasteiger partial charge is 0.466 e. The molecule has 1 rings (SSSR count). The lowest BCUT2D eigenvalue weighted by Gasteiger charge is -2.07. The number of carbonyl (C=O) groups is 1. The standard InChI is InChI=1S/C11H15ClN2O4S/c1-2-18-11(15)4-3-6-14-19(16,17)10-8-13-7-5-9(10)12/h5,7-8,14H,2-4,6H2,1H3. The second-order valence-corrected chi connectivity index (χ2v) is 5.76. The van der Waals surface area contributed by atoms with E-state index < -0.39 is 10.0 Å². The van der Waals surface area contributed by atoms with Gasteiger partial charge in [0, 0.05) is 25.4 Å². The van der Waals surface area contributed by atoms with Gasteiger partial charge in [-0.15, -0.1) is 0 Å². The van der Waals surface area contributed by atoms with Gasteiger partial charge in [-0.3, -0.25) is 9.78 Å². The molecule has 1 heterocycles. The highest BCUT2D eigenvalue weighted by atomic mass is 35.5. The zero-order chi connectivity index (χ0) is 14.3. The lowest BCUT2D eigenvalue weighted by molar-refractivity contribution is -0.143. The van der Waals surface area contributed by atoms with Gasteiger partial charge in [-0.05, 0) is 19.4 Å². The van der Waals surface area contributed by atoms with Crippen LogP contribution in [0.4, 0.5) is 0 Å². The van der Waals surface area contributed by atoms with Crippen LogP contribution >= 0.6 is 11.6 Å². The SMILES string of the molecule is CCOC(=O)CCCNS(=O)(=O)c1cnccc1Cl. The summed E-state index contributed by atoms with van der Waals surface area (Å²) in [6.45, 7) is 2.16. The smallest absolute Gasteiger partial charge is 0.305 e. The number of hydrogen-bond acceptors (Lipinski definition) is 5. The fourth-order valence-corrected chi connectivity index (χ4v) is 2.81. The maximum absolute atomic E-state index is 11.9. The van der Waals surface area contributed by atoms with Crippen LogP contribution in [-0.4, -0.2) is 32.5 Å². The molecule has 0 saturated carbocycles. The maximum Gasteiger partial charge on any atom is 0.305 e. The van der Waals surface area contributed by atoms with Gasteiger partial charge in [-0.25, -0.2) is 13.1 Å². The molecular formula is C11H15ClN2O4S. The van der Waals surface area contributed by atoms with Gasteiger partial charge >= 0.3 is 5.97 Å². The van der Waals surface area contributed by atoms with Crippen molar-refractivity contribution in [2.24, 2.45) is 0 Å². The van der Waals surface area contributed by atoms with Crippen molar-refractivity contribution in [2.75, 3.05) is 13.2 Å². The van der Waals surface area contributed by atoms with E-state index >= 15 is 0 Å². The van der Waals surface area contributed by atoms with Crippen LogP contribution in [-0.2, 0) is 19.6 Å². The van der Waals surface area contributed by atoms with Crippen molar-refractivity contribution in [2.45, 2.75) is 24.7 Å². The van der Waals surface area contributed by atoms with E-state index in [1.165, 1.54) is 18.5 Å². The topological polar surface area (TPSA) is 85.4 Å². The molecule has 1 N–H and O–H groups in total. The predicted molar refractivity (Wildman–Crippen MR) is 70.3 cm³/mol. The van der Waals surface area contributed by atoms with Crippen molar-refractivity contribution >= 4 is 27.6 Å². The van der Waals surface area contributed by atoms with E-state index in [1.807, 2.05) is 0 Å². The Morgan fingerprint density at radius 3 is 2.89 bits per heavy atom. The van der Waals surface area contributed by atoms with E-state index in [-0.39, 0.29) is 28.9 Å². The lowest BCUT2D eigenvalue weighted by atomic mass is 10.3. The first-order valence-corrected chi connectivity index (χ1v) is 7.58. The third-order valence-electron chi connectivity index (χ3n) is 2.18. The van der Waals surface area contributed by atoms with Gasteiger partial charge in [0.05, 0.1) is 11.6 Å². The molecule has 1 aromatic heterocycles. The highest BCUT2D eigenvalue weighted by molar-refractivity contribution is 7.89. The minimum atomic E-state index is -3.70. The molecular weight excluding hydrogens is 292 g/mol. The second-order valence-electron chi connectivity index (χ2n) is 3.61. The average molecular weight is 307 g/mol. The number of sulfonamides is 1. The monoisotopic (exact) mass is 306 g/mol. The fraction of sp³-hybridized carbons (Fsp3) is 0.455. The molecule has 6 nitrogen and oxygen atoms in total. The van der Waals surface area contributed by atoms with Gasteiger partial charge in [0.15, 0.2) is 0 Å². The van der Waals surface area contributed by atoms with Crippen molar-refractivity contribution < 1.29 is 17.9 Å². The Hall–Kier alpha value is -1.18. The quantitative estimate of drug-likeness (QED) is 0.607. The van der Waals surface area contributed by atoms with Crippen molar-refractivity contribution in [1.82, 2.24) is 9.71 Å². The van der Waals surface area contributed by atoms with Crippen LogP contribution in [0, 0.1) is 0 Å². The fourth-order valence-electron chi connectivity index (χ4n) is 1.31. The Kier molecular flexibility index (Phi) is 6.20. The number of hydrogen-bond donors (Lipinski definition) is 1. The van der Waals surface area contributed by atoms with Crippen LogP contribution in [0.5, 0.6) is 0 Å². The molecule has 0 aliphatic rings. The van der Waals surface area contributed by atoms with Gasteiger partial charge in [0.1, 0.15) is 4.90 Å². The highest BCUT2D eigenvalue weighted by Gasteiger charge is 2.17. The second kappa shape index (κ2) is 7.42. The summed E-state index contributed by atoms with van der Waals surface area (Å²) < 4.78 is 30.8. The van der Waals surface area contributed by atoms with E-state index in [1.54, 1.807) is 6.92 Å². The molecule has 0 unspecified atom stereocenters. The Morgan fingerprint density at radius 1 is 1.53 bits per heavy atom. The number of ether oxygens (including phenoxy) is 1. The number of carbonyl (C=O) groups excluding carboxylic acids is 1. The molecule has 0 fully saturated rings. The molecule has 0 amide bonds. The van der Waals surface area contributed by atoms with E-state index in [9.17, 15) is 13.2 Å². The molecule has 106 valence electrons. The molecule has 1 aromatic rings. The summed E-state index contributed by atoms with van der Waals surface area (Å²) in [7, 11) is -3.70. The highest BCUT2D eigenvalue weighted by Crippen LogP contribution is 2.18. The van der Waals surface area contributed by atoms with Crippen LogP contribution in [0.2, 0.25) is 5.02 Å². The summed E-state index contributed by atoms with van der Waals surface area (Å²) in [4.78, 5) is 14.7. The van der Waals surface area contributed by atoms with Crippen LogP contribution in [0.1, 0.15) is 19.8 Å². The van der Waals surface area contributed by atoms with Crippen LogP contribution in [0.3, 0.4) is 0 Å². The van der Waals surface area contributed by atoms with Crippen LogP contribution in [0.15, 0.2) is 23.4 Å². The van der Waals surface area contributed by atoms with Gasteiger partial charge in [-0.2, -0.15) is 0 Å². The molecule has 0 atom stereocenters. The van der Waals surface area contributed by atoms with E-state index in [2.05, 4.69) is 9.71 Å². The molecule has 8 heteroatoms. The van der Waals surface area contributed by atoms with Crippen molar-refractivity contribution in [1.29, 1.82) is 0 Å². The zero-order valence-corrected chi connectivity index (χ0v) is 12.0. The van der Waals surface area contributed by atoms with Crippen LogP contribution in [0.25, 0.3) is 0 Å². The predicted octanol–water partition coefficient (Wildman–Crippen LogP) is 1.36. The lowest BCUT2D eigenvalue weighted by Crippen LogP contribution is -2.25. The molecule has 19 heavy (non-hydrogen) atoms. The van der Waals surface area contributed by atoms with Crippen molar-refractivity contribution in [3.8, 4) is 0 Å². The third-order valence-corrected chi connectivity index (χ3v) is 4.11. The first-order chi connectivity index (χ1) is 8.97. The number of halogens is 1. The third kappa shape index (κ3) is 5.14.